The van der Waals surface area contributed by atoms with Crippen LogP contribution in [0.3, 0.4) is 0 Å². The maximum absolute atomic E-state index is 12.7. The molecule has 294 valence electrons. The van der Waals surface area contributed by atoms with E-state index >= 15 is 0 Å². The van der Waals surface area contributed by atoms with Crippen LogP contribution in [-0.4, -0.2) is 41.6 Å². The molecular weight excluding hydrogens is 826 g/mol. The Bertz CT molecular complexity index is 2040. The first-order valence-corrected chi connectivity index (χ1v) is 23.0. The second-order valence-corrected chi connectivity index (χ2v) is 22.9. The molecule has 0 atom stereocenters. The fourth-order valence-electron chi connectivity index (χ4n) is 6.17. The predicted octanol–water partition coefficient (Wildman–Crippen LogP) is 5.34. The molecule has 0 saturated carbocycles. The molecule has 1 aromatic heterocycles. The van der Waals surface area contributed by atoms with Crippen LogP contribution in [0.15, 0.2) is 146 Å². The van der Waals surface area contributed by atoms with Crippen LogP contribution in [0, 0.1) is 0 Å². The minimum Gasteiger partial charge on any atom is -0.466 e. The zero-order valence-electron chi connectivity index (χ0n) is 33.7. The number of hydrogen-bond donors (Lipinski definition) is 2. The number of carbonyl (C=O) groups is 3. The molecule has 0 aliphatic rings. The Morgan fingerprint density at radius 1 is 0.684 bits per heavy atom. The molecule has 57 heavy (non-hydrogen) atoms. The van der Waals surface area contributed by atoms with Crippen molar-refractivity contribution in [3.63, 3.8) is 0 Å². The average Bonchev–Trinajstić information content (AvgIpc) is 3.59. The van der Waals surface area contributed by atoms with E-state index in [1.807, 2.05) is 79.7 Å². The van der Waals surface area contributed by atoms with Gasteiger partial charge >= 0.3 is 278 Å². The number of carbonyl (C=O) groups excluding carboxylic acids is 3. The fourth-order valence-corrected chi connectivity index (χ4v) is 13.8. The van der Waals surface area contributed by atoms with Crippen LogP contribution in [0.1, 0.15) is 52.3 Å². The van der Waals surface area contributed by atoms with E-state index in [1.165, 1.54) is 15.9 Å². The van der Waals surface area contributed by atoms with Gasteiger partial charge in [-0.05, 0) is 24.4 Å². The van der Waals surface area contributed by atoms with E-state index in [2.05, 4.69) is 98.6 Å². The van der Waals surface area contributed by atoms with Crippen molar-refractivity contribution < 1.29 is 80.3 Å². The first-order chi connectivity index (χ1) is 26.7. The van der Waals surface area contributed by atoms with Gasteiger partial charge in [0.15, 0.2) is 0 Å². The molecule has 6 aromatic rings. The molecule has 2 N–H and O–H groups in total. The Balaban J connectivity index is 0.000000341. The maximum Gasteiger partial charge on any atom is 1.00 e. The molecule has 8 nitrogen and oxygen atoms in total. The molecule has 0 radical (unpaired) electrons. The molecule has 1 amide bonds. The molecule has 11 heteroatoms. The van der Waals surface area contributed by atoms with E-state index < -0.39 is 22.8 Å². The zero-order valence-corrected chi connectivity index (χ0v) is 39.3. The number of aromatic amines is 1. The van der Waals surface area contributed by atoms with Crippen molar-refractivity contribution in [1.29, 1.82) is 0 Å². The van der Waals surface area contributed by atoms with E-state index in [1.54, 1.807) is 27.7 Å². The summed E-state index contributed by atoms with van der Waals surface area (Å²) >= 11 is 4.46. The van der Waals surface area contributed by atoms with E-state index in [4.69, 9.17) is 9.47 Å². The number of para-hydroxylation sites is 2. The van der Waals surface area contributed by atoms with Gasteiger partial charge in [0.05, 0.1) is 13.0 Å². The van der Waals surface area contributed by atoms with Gasteiger partial charge in [0.2, 0.25) is 0 Å². The topological polar surface area (TPSA) is 121 Å². The molecule has 0 aliphatic carbocycles. The van der Waals surface area contributed by atoms with Crippen LogP contribution in [0.4, 0.5) is 5.69 Å². The number of fused-ring (bicyclic) bond motifs is 1. The van der Waals surface area contributed by atoms with Crippen molar-refractivity contribution in [1.82, 2.24) is 4.98 Å². The number of nitrogens with one attached hydrogen (secondary N) is 2. The Labute approximate surface area is 387 Å². The van der Waals surface area contributed by atoms with Gasteiger partial charge in [0, 0.05) is 11.2 Å². The molecular formula is C46H51BrKN2O6P. The van der Waals surface area contributed by atoms with Gasteiger partial charge in [-0.1, -0.05) is 39.0 Å². The zero-order chi connectivity index (χ0) is 40.6. The number of H-pyrrole nitrogens is 1. The van der Waals surface area contributed by atoms with Gasteiger partial charge in [0.1, 0.15) is 0 Å². The average molecular weight is 878 g/mol. The summed E-state index contributed by atoms with van der Waals surface area (Å²) in [5.41, 5.74) is 2.86. The van der Waals surface area contributed by atoms with Crippen LogP contribution in [0.5, 0.6) is 0 Å². The smallest absolute Gasteiger partial charge is 0.466 e. The molecule has 1 heterocycles. The van der Waals surface area contributed by atoms with Crippen molar-refractivity contribution in [3.8, 4) is 0 Å². The molecule has 0 saturated heterocycles. The van der Waals surface area contributed by atoms with Gasteiger partial charge in [0.25, 0.3) is 0 Å². The largest absolute Gasteiger partial charge is 1.00 e. The number of benzene rings is 5. The number of esters is 2. The Morgan fingerprint density at radius 3 is 1.61 bits per heavy atom. The number of anilines is 1. The summed E-state index contributed by atoms with van der Waals surface area (Å²) in [6.45, 7) is 9.10. The maximum atomic E-state index is 12.7. The molecule has 0 bridgehead atoms. The molecule has 0 unspecified atom stereocenters. The van der Waals surface area contributed by atoms with Crippen LogP contribution >= 0.6 is 20.8 Å². The summed E-state index contributed by atoms with van der Waals surface area (Å²) in [6.07, 6.45) is 0.609. The predicted molar refractivity (Wildman–Crippen MR) is 232 cm³/mol. The van der Waals surface area contributed by atoms with E-state index in [-0.39, 0.29) is 70.4 Å². The van der Waals surface area contributed by atoms with E-state index in [9.17, 15) is 19.5 Å². The van der Waals surface area contributed by atoms with Gasteiger partial charge in [-0.3, -0.25) is 4.79 Å². The first kappa shape index (κ1) is 47.9. The third kappa shape index (κ3) is 13.8. The minimum atomic E-state index is -3.24. The summed E-state index contributed by atoms with van der Waals surface area (Å²) in [6, 6.07) is 49.2. The van der Waals surface area contributed by atoms with Crippen molar-refractivity contribution in [2.24, 2.45) is 0 Å². The second kappa shape index (κ2) is 22.6. The normalized spacial score (nSPS) is 11.5. The Kier molecular flexibility index (Phi) is 19.0. The number of amides is 1. The van der Waals surface area contributed by atoms with Crippen LogP contribution < -0.4 is 77.7 Å². The standard InChI is InChI=1S/C30H29BrNO3P.C12H13NO2.C4H9O.K/c1-2-35-30(34)22-29(33)32-28-21-13-12-14-24(28)23-36(31,25-15-6-3-7-16-25,26-17-8-4-9-18-26)27-19-10-5-11-20-27;1-2-15-12(14)8-10-7-9-5-3-4-6-11(9)13-10;1-4(2,3)5;/h3-21H,2,22-23H2,1H3,(H,32,33);3-7,13H,2,8H2,1H3;1-3H3;/q;;-1;+1. The summed E-state index contributed by atoms with van der Waals surface area (Å²) in [7, 11) is 0. The van der Waals surface area contributed by atoms with Crippen molar-refractivity contribution in [3.05, 3.63) is 157 Å². The summed E-state index contributed by atoms with van der Waals surface area (Å²) in [4.78, 5) is 39.0. The SMILES string of the molecule is CC(C)(C)[O-].CCOC(=O)CC(=O)Nc1ccccc1CP(Br)(c1ccccc1)(c1ccccc1)c1ccccc1.CCOC(=O)Cc1cc2ccccc2[nH]1.[K+]. The molecule has 0 spiro atoms. The van der Waals surface area contributed by atoms with E-state index in [0.717, 1.165) is 22.2 Å². The van der Waals surface area contributed by atoms with Crippen molar-refractivity contribution in [2.45, 2.75) is 59.2 Å². The monoisotopic (exact) mass is 876 g/mol. The second-order valence-electron chi connectivity index (χ2n) is 14.0. The summed E-state index contributed by atoms with van der Waals surface area (Å²) in [5, 5.41) is 14.5. The van der Waals surface area contributed by atoms with Gasteiger partial charge in [-0.15, -0.1) is 5.60 Å². The minimum absolute atomic E-state index is 0. The summed E-state index contributed by atoms with van der Waals surface area (Å²) < 4.78 is 9.83. The Hall–Kier alpha value is -3.44. The number of halogens is 1. The van der Waals surface area contributed by atoms with Crippen LogP contribution in [0.25, 0.3) is 10.9 Å². The molecule has 0 fully saturated rings. The number of aromatic nitrogens is 1. The summed E-state index contributed by atoms with van der Waals surface area (Å²) in [5.74, 6) is -1.12. The van der Waals surface area contributed by atoms with Crippen LogP contribution in [0.2, 0.25) is 0 Å². The number of ether oxygens (including phenoxy) is 2. The van der Waals surface area contributed by atoms with Crippen molar-refractivity contribution in [2.75, 3.05) is 18.5 Å². The van der Waals surface area contributed by atoms with Crippen LogP contribution in [-0.2, 0) is 36.4 Å². The van der Waals surface area contributed by atoms with Gasteiger partial charge in [-0.25, -0.2) is 0 Å². The quantitative estimate of drug-likeness (QED) is 0.0742. The molecule has 5 aromatic carbocycles. The number of hydrogen-bond acceptors (Lipinski definition) is 6. The van der Waals surface area contributed by atoms with Gasteiger partial charge in [-0.2, -0.15) is 0 Å². The first-order valence-electron chi connectivity index (χ1n) is 18.6. The number of rotatable bonds is 12. The van der Waals surface area contributed by atoms with Gasteiger partial charge < -0.3 is 14.8 Å². The molecule has 0 aliphatic heterocycles. The molecule has 6 rings (SSSR count). The fraction of sp³-hybridized carbons (Fsp3) is 0.239. The van der Waals surface area contributed by atoms with Crippen molar-refractivity contribution >= 4 is 71.1 Å². The third-order valence-electron chi connectivity index (χ3n) is 8.48. The third-order valence-corrected chi connectivity index (χ3v) is 18.0. The Morgan fingerprint density at radius 2 is 1.12 bits per heavy atom. The van der Waals surface area contributed by atoms with E-state index in [0.29, 0.717) is 24.9 Å².